The van der Waals surface area contributed by atoms with Crippen LogP contribution in [0.15, 0.2) is 30.3 Å². The molecule has 0 fully saturated rings. The van der Waals surface area contributed by atoms with Crippen LogP contribution >= 0.6 is 0 Å². The van der Waals surface area contributed by atoms with Crippen molar-refractivity contribution in [2.75, 3.05) is 34.5 Å². The summed E-state index contributed by atoms with van der Waals surface area (Å²) >= 11 is 0. The highest BCUT2D eigenvalue weighted by Crippen LogP contribution is 2.38. The highest BCUT2D eigenvalue weighted by molar-refractivity contribution is 6.44. The van der Waals surface area contributed by atoms with Crippen LogP contribution in [0.25, 0.3) is 0 Å². The fourth-order valence-electron chi connectivity index (χ4n) is 2.44. The van der Waals surface area contributed by atoms with Crippen molar-refractivity contribution in [2.24, 2.45) is 0 Å². The maximum absolute atomic E-state index is 12.4. The van der Waals surface area contributed by atoms with Gasteiger partial charge in [0.15, 0.2) is 11.5 Å². The van der Waals surface area contributed by atoms with Gasteiger partial charge in [0.05, 0.1) is 21.3 Å². The number of ether oxygens (including phenoxy) is 4. The number of carbonyl (C=O) groups is 2. The molecule has 0 bridgehead atoms. The lowest BCUT2D eigenvalue weighted by Crippen LogP contribution is -2.20. The number of phenols is 2. The Morgan fingerprint density at radius 2 is 1.48 bits per heavy atom. The molecule has 0 aliphatic carbocycles. The van der Waals surface area contributed by atoms with E-state index < -0.39 is 18.2 Å². The fraction of sp³-hybridized carbons (Fsp3) is 0.238. The Morgan fingerprint density at radius 1 is 0.897 bits per heavy atom. The molecule has 0 aliphatic rings. The molecule has 0 aromatic heterocycles. The van der Waals surface area contributed by atoms with E-state index in [0.717, 1.165) is 0 Å². The molecule has 8 nitrogen and oxygen atoms in total. The molecule has 0 atom stereocenters. The normalized spacial score (nSPS) is 9.90. The zero-order chi connectivity index (χ0) is 21.4. The van der Waals surface area contributed by atoms with Crippen molar-refractivity contribution in [3.05, 3.63) is 41.5 Å². The van der Waals surface area contributed by atoms with Crippen LogP contribution in [0.5, 0.6) is 28.7 Å². The van der Waals surface area contributed by atoms with Gasteiger partial charge in [-0.05, 0) is 24.3 Å². The van der Waals surface area contributed by atoms with Gasteiger partial charge in [-0.25, -0.2) is 0 Å². The first-order valence-corrected chi connectivity index (χ1v) is 8.36. The van der Waals surface area contributed by atoms with Gasteiger partial charge < -0.3 is 29.2 Å². The molecule has 0 amide bonds. The number of Topliss-reactive ketones (excluding diaryl/α,β-unsaturated/α-hetero) is 2. The average molecular weight is 400 g/mol. The van der Waals surface area contributed by atoms with Gasteiger partial charge in [0.2, 0.25) is 17.3 Å². The van der Waals surface area contributed by atoms with Crippen LogP contribution in [0.1, 0.15) is 15.9 Å². The molecule has 8 heteroatoms. The van der Waals surface area contributed by atoms with Gasteiger partial charge in [-0.15, -0.1) is 0 Å². The summed E-state index contributed by atoms with van der Waals surface area (Å²) in [6, 6.07) is 6.68. The summed E-state index contributed by atoms with van der Waals surface area (Å²) in [6.07, 6.45) is 0. The second-order valence-corrected chi connectivity index (χ2v) is 5.70. The highest BCUT2D eigenvalue weighted by Gasteiger charge is 2.21. The van der Waals surface area contributed by atoms with Crippen LogP contribution in [0.2, 0.25) is 0 Å². The van der Waals surface area contributed by atoms with Crippen molar-refractivity contribution in [3.63, 3.8) is 0 Å². The Hall–Kier alpha value is -3.70. The smallest absolute Gasteiger partial charge is 0.231 e. The van der Waals surface area contributed by atoms with Crippen LogP contribution in [0, 0.1) is 11.8 Å². The summed E-state index contributed by atoms with van der Waals surface area (Å²) in [6.45, 7) is -0.583. The van der Waals surface area contributed by atoms with Gasteiger partial charge >= 0.3 is 0 Å². The molecule has 2 rings (SSSR count). The van der Waals surface area contributed by atoms with Crippen LogP contribution in [0.3, 0.4) is 0 Å². The first-order valence-electron chi connectivity index (χ1n) is 8.36. The lowest BCUT2D eigenvalue weighted by atomic mass is 10.1. The van der Waals surface area contributed by atoms with Gasteiger partial charge in [-0.1, -0.05) is 11.8 Å². The summed E-state index contributed by atoms with van der Waals surface area (Å²) in [7, 11) is 4.24. The van der Waals surface area contributed by atoms with E-state index >= 15 is 0 Å². The zero-order valence-electron chi connectivity index (χ0n) is 16.1. The van der Waals surface area contributed by atoms with Crippen molar-refractivity contribution in [1.29, 1.82) is 0 Å². The predicted molar refractivity (Wildman–Crippen MR) is 103 cm³/mol. The van der Waals surface area contributed by atoms with Crippen molar-refractivity contribution in [1.82, 2.24) is 0 Å². The number of methoxy groups -OCH3 is 3. The van der Waals surface area contributed by atoms with E-state index in [1.165, 1.54) is 51.7 Å². The Balaban J connectivity index is 1.99. The minimum atomic E-state index is -0.768. The van der Waals surface area contributed by atoms with Crippen molar-refractivity contribution >= 4 is 11.6 Å². The Kier molecular flexibility index (Phi) is 7.46. The molecular weight excluding hydrogens is 380 g/mol. The number of hydrogen-bond donors (Lipinski definition) is 2. The maximum atomic E-state index is 12.4. The summed E-state index contributed by atoms with van der Waals surface area (Å²) in [4.78, 5) is 24.5. The number of phenolic OH excluding ortho intramolecular Hbond substituents is 2. The molecule has 0 saturated carbocycles. The van der Waals surface area contributed by atoms with Crippen LogP contribution < -0.4 is 14.2 Å². The molecular formula is C21H20O8. The quantitative estimate of drug-likeness (QED) is 0.299. The van der Waals surface area contributed by atoms with Gasteiger partial charge in [-0.2, -0.15) is 0 Å². The zero-order valence-corrected chi connectivity index (χ0v) is 16.1. The molecule has 2 N–H and O–H groups in total. The van der Waals surface area contributed by atoms with Gasteiger partial charge in [0.25, 0.3) is 0 Å². The maximum Gasteiger partial charge on any atom is 0.231 e. The Bertz CT molecular complexity index is 923. The number of rotatable bonds is 8. The molecule has 0 saturated heterocycles. The molecule has 0 unspecified atom stereocenters. The molecule has 0 radical (unpaired) electrons. The van der Waals surface area contributed by atoms with Crippen molar-refractivity contribution in [2.45, 2.75) is 0 Å². The average Bonchev–Trinajstić information content (AvgIpc) is 2.70. The number of ketones is 2. The van der Waals surface area contributed by atoms with Gasteiger partial charge in [0.1, 0.15) is 24.7 Å². The Morgan fingerprint density at radius 3 is 2.00 bits per heavy atom. The molecule has 0 heterocycles. The van der Waals surface area contributed by atoms with Crippen LogP contribution in [-0.4, -0.2) is 56.3 Å². The monoisotopic (exact) mass is 400 g/mol. The first kappa shape index (κ1) is 21.6. The SMILES string of the molecule is COc1cc(C(=O)C(=O)COCC#Cc2cc(O)cc(O)c2)cc(OC)c1OC. The van der Waals surface area contributed by atoms with E-state index in [2.05, 4.69) is 11.8 Å². The standard InChI is InChI=1S/C21H20O8/c1-26-18-9-14(10-19(27-2)21(18)28-3)20(25)17(24)12-29-6-4-5-13-7-15(22)11-16(23)8-13/h7-11,22-23H,6,12H2,1-3H3. The van der Waals surface area contributed by atoms with Gasteiger partial charge in [0, 0.05) is 17.2 Å². The summed E-state index contributed by atoms with van der Waals surface area (Å²) in [5.74, 6) is 4.33. The minimum absolute atomic E-state index is 0.0782. The summed E-state index contributed by atoms with van der Waals surface area (Å²) in [5.41, 5.74) is 0.459. The van der Waals surface area contributed by atoms with E-state index in [0.29, 0.717) is 11.3 Å². The topological polar surface area (TPSA) is 112 Å². The molecule has 2 aromatic rings. The van der Waals surface area contributed by atoms with E-state index in [-0.39, 0.29) is 35.2 Å². The second-order valence-electron chi connectivity index (χ2n) is 5.70. The highest BCUT2D eigenvalue weighted by atomic mass is 16.5. The number of hydrogen-bond acceptors (Lipinski definition) is 8. The van der Waals surface area contributed by atoms with Crippen LogP contribution in [0.4, 0.5) is 0 Å². The third-order valence-electron chi connectivity index (χ3n) is 3.72. The van der Waals surface area contributed by atoms with Crippen molar-refractivity contribution in [3.8, 4) is 40.6 Å². The van der Waals surface area contributed by atoms with Crippen LogP contribution in [-0.2, 0) is 9.53 Å². The van der Waals surface area contributed by atoms with Crippen molar-refractivity contribution < 1.29 is 38.7 Å². The molecule has 152 valence electrons. The fourth-order valence-corrected chi connectivity index (χ4v) is 2.44. The van der Waals surface area contributed by atoms with E-state index in [1.807, 2.05) is 0 Å². The third-order valence-corrected chi connectivity index (χ3v) is 3.72. The molecule has 29 heavy (non-hydrogen) atoms. The predicted octanol–water partition coefficient (Wildman–Crippen LogP) is 1.94. The lowest BCUT2D eigenvalue weighted by Gasteiger charge is -2.13. The minimum Gasteiger partial charge on any atom is -0.508 e. The second kappa shape index (κ2) is 10.0. The molecule has 0 spiro atoms. The Labute approximate surface area is 167 Å². The number of benzene rings is 2. The van der Waals surface area contributed by atoms with E-state index in [1.54, 1.807) is 0 Å². The first-order chi connectivity index (χ1) is 13.9. The van der Waals surface area contributed by atoms with E-state index in [9.17, 15) is 19.8 Å². The number of carbonyl (C=O) groups excluding carboxylic acids is 2. The third kappa shape index (κ3) is 5.64. The molecule has 2 aromatic carbocycles. The summed E-state index contributed by atoms with van der Waals surface area (Å²) < 4.78 is 20.6. The van der Waals surface area contributed by atoms with E-state index in [4.69, 9.17) is 18.9 Å². The number of aromatic hydroxyl groups is 2. The largest absolute Gasteiger partial charge is 0.508 e. The summed E-state index contributed by atoms with van der Waals surface area (Å²) in [5, 5.41) is 18.8. The lowest BCUT2D eigenvalue weighted by molar-refractivity contribution is -0.118. The van der Waals surface area contributed by atoms with Gasteiger partial charge in [-0.3, -0.25) is 9.59 Å². The molecule has 0 aliphatic heterocycles.